The number of carboxylic acid groups (broad SMARTS) is 1. The minimum atomic E-state index is -1.00. The fourth-order valence-electron chi connectivity index (χ4n) is 0.0781. The predicted octanol–water partition coefficient (Wildman–Crippen LogP) is -0.449. The van der Waals surface area contributed by atoms with Gasteiger partial charge in [0, 0.05) is 5.75 Å². The van der Waals surface area contributed by atoms with E-state index in [2.05, 4.69) is 12.6 Å². The molecule has 0 aromatic carbocycles. The molecule has 3 N–H and O–H groups in total. The van der Waals surface area contributed by atoms with E-state index in [0.717, 1.165) is 0 Å². The van der Waals surface area contributed by atoms with Gasteiger partial charge in [-0.25, -0.2) is 0 Å². The van der Waals surface area contributed by atoms with Crippen molar-refractivity contribution >= 4 is 32.1 Å². The highest BCUT2D eigenvalue weighted by molar-refractivity contribution is 7.80. The topological polar surface area (TPSA) is 63.3 Å². The normalized spacial score (nSPS) is 11.8. The molecular weight excluding hydrogens is 146 g/mol. The van der Waals surface area contributed by atoms with E-state index in [0.29, 0.717) is 0 Å². The molecule has 0 aromatic rings. The molecule has 1 atom stereocenters. The Morgan fingerprint density at radius 3 is 2.38 bits per heavy atom. The third-order valence-electron chi connectivity index (χ3n) is 0.514. The molecule has 0 saturated heterocycles. The van der Waals surface area contributed by atoms with Gasteiger partial charge in [-0.05, 0) is 0 Å². The Morgan fingerprint density at radius 2 is 2.38 bits per heavy atom. The Morgan fingerprint density at radius 1 is 2.00 bits per heavy atom. The molecule has 0 saturated carbocycles. The number of aliphatic carboxylic acids is 1. The molecule has 0 aliphatic carbocycles. The molecule has 0 spiro atoms. The van der Waals surface area contributed by atoms with Crippen molar-refractivity contribution < 1.29 is 12.8 Å². The lowest BCUT2D eigenvalue weighted by Crippen LogP contribution is -2.31. The molecule has 3 nitrogen and oxygen atoms in total. The van der Waals surface area contributed by atoms with Crippen LogP contribution >= 0.6 is 12.6 Å². The van der Waals surface area contributed by atoms with Gasteiger partial charge in [0.15, 0.2) is 0 Å². The zero-order valence-corrected chi connectivity index (χ0v) is 5.78. The number of carboxylic acids is 1. The molecule has 5 heteroatoms. The van der Waals surface area contributed by atoms with E-state index in [1.54, 1.807) is 0 Å². The molecular formula is C3H9NO2S2. The van der Waals surface area contributed by atoms with Crippen LogP contribution in [0.15, 0.2) is 0 Å². The standard InChI is InChI=1S/C3H7NO2S.S/c4-2(1-7)3(5)6;/h2,7H,1,4H2,(H,5,6);/q;-2/p+2/t2-;/m0./s1. The van der Waals surface area contributed by atoms with E-state index >= 15 is 0 Å². The first-order chi connectivity index (χ1) is 3.18. The molecule has 0 fully saturated rings. The van der Waals surface area contributed by atoms with Crippen LogP contribution in [0.2, 0.25) is 0 Å². The van der Waals surface area contributed by atoms with E-state index < -0.39 is 12.0 Å². The second kappa shape index (κ2) is 5.27. The molecule has 0 aromatic heterocycles. The maximum atomic E-state index is 9.76. The van der Waals surface area contributed by atoms with Crippen molar-refractivity contribution in [3.63, 3.8) is 0 Å². The maximum Gasteiger partial charge on any atom is 1.00 e. The van der Waals surface area contributed by atoms with Crippen molar-refractivity contribution in [3.8, 4) is 0 Å². The summed E-state index contributed by atoms with van der Waals surface area (Å²) >= 11 is 3.65. The number of rotatable bonds is 2. The van der Waals surface area contributed by atoms with Crippen molar-refractivity contribution in [3.05, 3.63) is 0 Å². The van der Waals surface area contributed by atoms with Crippen LogP contribution in [0.1, 0.15) is 2.85 Å². The summed E-state index contributed by atoms with van der Waals surface area (Å²) in [6.45, 7) is 0. The largest absolute Gasteiger partial charge is 2.00 e. The monoisotopic (exact) mass is 155 g/mol. The van der Waals surface area contributed by atoms with Crippen LogP contribution in [0.3, 0.4) is 0 Å². The van der Waals surface area contributed by atoms with Crippen molar-refractivity contribution in [2.45, 2.75) is 6.04 Å². The second-order valence-corrected chi connectivity index (χ2v) is 1.49. The SMILES string of the molecule is N[C@@H](CS)C(=O)O.[H+].[H+].[S-2]. The fourth-order valence-corrected chi connectivity index (χ4v) is 0.234. The van der Waals surface area contributed by atoms with Crippen LogP contribution in [0, 0.1) is 0 Å². The van der Waals surface area contributed by atoms with E-state index in [1.807, 2.05) is 0 Å². The molecule has 0 radical (unpaired) electrons. The van der Waals surface area contributed by atoms with Gasteiger partial charge in [-0.2, -0.15) is 12.6 Å². The average Bonchev–Trinajstić information content (AvgIpc) is 1.65. The van der Waals surface area contributed by atoms with E-state index in [1.165, 1.54) is 0 Å². The molecule has 0 aliphatic heterocycles. The van der Waals surface area contributed by atoms with Crippen molar-refractivity contribution in [2.24, 2.45) is 5.73 Å². The predicted molar refractivity (Wildman–Crippen MR) is 39.1 cm³/mol. The summed E-state index contributed by atoms with van der Waals surface area (Å²) in [4.78, 5) is 9.76. The number of hydrogen-bond acceptors (Lipinski definition) is 3. The van der Waals surface area contributed by atoms with Crippen molar-refractivity contribution in [1.82, 2.24) is 0 Å². The van der Waals surface area contributed by atoms with Crippen molar-refractivity contribution in [2.75, 3.05) is 5.75 Å². The highest BCUT2D eigenvalue weighted by atomic mass is 32.1. The summed E-state index contributed by atoms with van der Waals surface area (Å²) in [7, 11) is 0. The Hall–Kier alpha value is 0.130. The third kappa shape index (κ3) is 4.29. The molecule has 50 valence electrons. The summed E-state index contributed by atoms with van der Waals surface area (Å²) in [5.74, 6) is -0.815. The smallest absolute Gasteiger partial charge is 1.00 e. The Balaban J connectivity index is -0.0000000600. The first-order valence-corrected chi connectivity index (χ1v) is 2.41. The number of hydrogen-bond donors (Lipinski definition) is 3. The summed E-state index contributed by atoms with van der Waals surface area (Å²) in [5, 5.41) is 8.01. The average molecular weight is 155 g/mol. The van der Waals surface area contributed by atoms with Gasteiger partial charge in [-0.3, -0.25) is 4.79 Å². The zero-order chi connectivity index (χ0) is 5.86. The summed E-state index contributed by atoms with van der Waals surface area (Å²) in [6, 6.07) is -0.816. The van der Waals surface area contributed by atoms with E-state index in [4.69, 9.17) is 10.8 Å². The van der Waals surface area contributed by atoms with Gasteiger partial charge in [-0.15, -0.1) is 0 Å². The highest BCUT2D eigenvalue weighted by Crippen LogP contribution is 1.80. The Kier molecular flexibility index (Phi) is 7.25. The van der Waals surface area contributed by atoms with Gasteiger partial charge in [0.1, 0.15) is 6.04 Å². The lowest BCUT2D eigenvalue weighted by atomic mass is 10.4. The van der Waals surface area contributed by atoms with Gasteiger partial charge >= 0.3 is 8.82 Å². The second-order valence-electron chi connectivity index (χ2n) is 1.13. The lowest BCUT2D eigenvalue weighted by Gasteiger charge is -2.00. The molecule has 0 unspecified atom stereocenters. The Bertz CT molecular complexity index is 84.9. The highest BCUT2D eigenvalue weighted by Gasteiger charge is 2.06. The molecule has 0 rings (SSSR count). The molecule has 0 bridgehead atoms. The van der Waals surface area contributed by atoms with Gasteiger partial charge in [0.25, 0.3) is 0 Å². The van der Waals surface area contributed by atoms with E-state index in [9.17, 15) is 4.79 Å². The fraction of sp³-hybridized carbons (Fsp3) is 0.667. The van der Waals surface area contributed by atoms with Crippen LogP contribution in [0.5, 0.6) is 0 Å². The molecule has 0 amide bonds. The van der Waals surface area contributed by atoms with Crippen molar-refractivity contribution in [1.29, 1.82) is 0 Å². The van der Waals surface area contributed by atoms with E-state index in [-0.39, 0.29) is 22.1 Å². The van der Waals surface area contributed by atoms with Crippen LogP contribution in [0.4, 0.5) is 0 Å². The first kappa shape index (κ1) is 11.0. The number of carbonyl (C=O) groups is 1. The zero-order valence-electron chi connectivity index (χ0n) is 6.07. The lowest BCUT2D eigenvalue weighted by molar-refractivity contribution is -0.137. The van der Waals surface area contributed by atoms with Gasteiger partial charge in [-0.1, -0.05) is 0 Å². The quantitative estimate of drug-likeness (QED) is 0.473. The third-order valence-corrected chi connectivity index (χ3v) is 0.907. The Labute approximate surface area is 63.1 Å². The number of thiol groups is 1. The first-order valence-electron chi connectivity index (χ1n) is 1.77. The minimum absolute atomic E-state index is 0. The number of nitrogens with two attached hydrogens (primary N) is 1. The van der Waals surface area contributed by atoms with Gasteiger partial charge in [0.05, 0.1) is 0 Å². The molecule has 0 aliphatic rings. The molecule has 0 heterocycles. The van der Waals surface area contributed by atoms with Gasteiger partial charge < -0.3 is 24.3 Å². The van der Waals surface area contributed by atoms with Gasteiger partial charge in [0.2, 0.25) is 0 Å². The maximum absolute atomic E-state index is 9.76. The van der Waals surface area contributed by atoms with Crippen LogP contribution in [0.25, 0.3) is 0 Å². The van der Waals surface area contributed by atoms with Crippen LogP contribution < -0.4 is 5.73 Å². The molecule has 8 heavy (non-hydrogen) atoms. The summed E-state index contributed by atoms with van der Waals surface area (Å²) < 4.78 is 0. The van der Waals surface area contributed by atoms with Crippen LogP contribution in [-0.2, 0) is 18.3 Å². The summed E-state index contributed by atoms with van der Waals surface area (Å²) in [5.41, 5.74) is 4.94. The summed E-state index contributed by atoms with van der Waals surface area (Å²) in [6.07, 6.45) is 0. The minimum Gasteiger partial charge on any atom is -2.00 e. The van der Waals surface area contributed by atoms with Crippen LogP contribution in [-0.4, -0.2) is 22.9 Å².